The average molecular weight is 272 g/mol. The molecule has 0 fully saturated rings. The van der Waals surface area contributed by atoms with Crippen molar-refractivity contribution in [3.63, 3.8) is 0 Å². The van der Waals surface area contributed by atoms with Gasteiger partial charge >= 0.3 is 0 Å². The van der Waals surface area contributed by atoms with Gasteiger partial charge in [0, 0.05) is 40.0 Å². The molecular weight excluding hydrogens is 252 g/mol. The van der Waals surface area contributed by atoms with Crippen LogP contribution in [0, 0.1) is 0 Å². The lowest BCUT2D eigenvalue weighted by atomic mass is 10.3. The zero-order valence-corrected chi connectivity index (χ0v) is 11.8. The number of ether oxygens (including phenoxy) is 1. The molecule has 6 heteroatoms. The van der Waals surface area contributed by atoms with Crippen molar-refractivity contribution in [2.75, 3.05) is 39.7 Å². The minimum Gasteiger partial charge on any atom is -0.385 e. The molecule has 0 amide bonds. The second-order valence-corrected chi connectivity index (χ2v) is 6.24. The summed E-state index contributed by atoms with van der Waals surface area (Å²) in [5.41, 5.74) is 0.906. The molecule has 0 aromatic heterocycles. The Hall–Kier alpha value is -1.11. The topological polar surface area (TPSA) is 58.6 Å². The predicted molar refractivity (Wildman–Crippen MR) is 72.3 cm³/mol. The monoisotopic (exact) mass is 272 g/mol. The van der Waals surface area contributed by atoms with Gasteiger partial charge in [0.2, 0.25) is 10.0 Å². The quantitative estimate of drug-likeness (QED) is 0.762. The van der Waals surface area contributed by atoms with Crippen molar-refractivity contribution in [1.29, 1.82) is 0 Å². The molecule has 0 unspecified atom stereocenters. The van der Waals surface area contributed by atoms with Crippen LogP contribution in [0.5, 0.6) is 0 Å². The van der Waals surface area contributed by atoms with E-state index >= 15 is 0 Å². The summed E-state index contributed by atoms with van der Waals surface area (Å²) < 4.78 is 29.8. The first-order chi connectivity index (χ1) is 8.48. The zero-order valence-electron chi connectivity index (χ0n) is 11.0. The Morgan fingerprint density at radius 3 is 2.33 bits per heavy atom. The number of benzene rings is 1. The lowest BCUT2D eigenvalue weighted by Crippen LogP contribution is -2.22. The summed E-state index contributed by atoms with van der Waals surface area (Å²) >= 11 is 0. The highest BCUT2D eigenvalue weighted by Crippen LogP contribution is 2.16. The predicted octanol–water partition coefficient (Wildman–Crippen LogP) is 1.39. The molecule has 5 nitrogen and oxygen atoms in total. The van der Waals surface area contributed by atoms with Gasteiger partial charge in [-0.25, -0.2) is 12.7 Å². The van der Waals surface area contributed by atoms with Crippen molar-refractivity contribution < 1.29 is 13.2 Å². The Morgan fingerprint density at radius 1 is 1.22 bits per heavy atom. The van der Waals surface area contributed by atoms with E-state index in [0.717, 1.165) is 18.7 Å². The highest BCUT2D eigenvalue weighted by molar-refractivity contribution is 7.89. The number of nitrogens with zero attached hydrogens (tertiary/aromatic N) is 1. The van der Waals surface area contributed by atoms with E-state index in [9.17, 15) is 8.42 Å². The first-order valence-corrected chi connectivity index (χ1v) is 7.18. The zero-order chi connectivity index (χ0) is 13.6. The van der Waals surface area contributed by atoms with Crippen molar-refractivity contribution in [3.05, 3.63) is 24.3 Å². The molecule has 0 saturated heterocycles. The Bertz CT molecular complexity index is 455. The molecule has 18 heavy (non-hydrogen) atoms. The number of methoxy groups -OCH3 is 1. The van der Waals surface area contributed by atoms with E-state index in [0.29, 0.717) is 11.5 Å². The van der Waals surface area contributed by atoms with Gasteiger partial charge in [-0.2, -0.15) is 0 Å². The van der Waals surface area contributed by atoms with Crippen LogP contribution in [0.25, 0.3) is 0 Å². The first kappa shape index (κ1) is 14.9. The SMILES string of the molecule is COCCCNc1ccc(S(=O)(=O)N(C)C)cc1. The van der Waals surface area contributed by atoms with E-state index in [4.69, 9.17) is 4.74 Å². The molecule has 0 heterocycles. The van der Waals surface area contributed by atoms with Crippen LogP contribution < -0.4 is 5.32 Å². The maximum atomic E-state index is 11.8. The standard InChI is InChI=1S/C12H20N2O3S/c1-14(2)18(15,16)12-7-5-11(6-8-12)13-9-4-10-17-3/h5-8,13H,4,9-10H2,1-3H3. The minimum absolute atomic E-state index is 0.301. The van der Waals surface area contributed by atoms with Crippen LogP contribution in [0.1, 0.15) is 6.42 Å². The highest BCUT2D eigenvalue weighted by atomic mass is 32.2. The molecule has 1 N–H and O–H groups in total. The summed E-state index contributed by atoms with van der Waals surface area (Å²) in [6.45, 7) is 1.51. The van der Waals surface area contributed by atoms with Crippen molar-refractivity contribution in [2.24, 2.45) is 0 Å². The van der Waals surface area contributed by atoms with Crippen LogP contribution in [0.15, 0.2) is 29.2 Å². The number of hydrogen-bond donors (Lipinski definition) is 1. The van der Waals surface area contributed by atoms with E-state index in [1.807, 2.05) is 0 Å². The van der Waals surface area contributed by atoms with Gasteiger partial charge in [0.05, 0.1) is 4.90 Å². The van der Waals surface area contributed by atoms with E-state index < -0.39 is 10.0 Å². The van der Waals surface area contributed by atoms with Crippen molar-refractivity contribution in [1.82, 2.24) is 4.31 Å². The van der Waals surface area contributed by atoms with Gasteiger partial charge in [-0.15, -0.1) is 0 Å². The molecule has 1 aromatic carbocycles. The van der Waals surface area contributed by atoms with Crippen LogP contribution in [0.4, 0.5) is 5.69 Å². The number of anilines is 1. The van der Waals surface area contributed by atoms with Crippen LogP contribution in [-0.2, 0) is 14.8 Å². The minimum atomic E-state index is -3.34. The summed E-state index contributed by atoms with van der Waals surface area (Å²) in [5.74, 6) is 0. The van der Waals surface area contributed by atoms with Gasteiger partial charge in [-0.1, -0.05) is 0 Å². The number of rotatable bonds is 7. The third kappa shape index (κ3) is 3.97. The summed E-state index contributed by atoms with van der Waals surface area (Å²) in [5, 5.41) is 3.20. The molecule has 0 aliphatic carbocycles. The molecule has 0 radical (unpaired) electrons. The fourth-order valence-corrected chi connectivity index (χ4v) is 2.31. The molecule has 102 valence electrons. The van der Waals surface area contributed by atoms with Crippen LogP contribution in [-0.4, -0.2) is 47.1 Å². The average Bonchev–Trinajstić information content (AvgIpc) is 2.35. The van der Waals surface area contributed by atoms with Crippen molar-refractivity contribution in [2.45, 2.75) is 11.3 Å². The summed E-state index contributed by atoms with van der Waals surface area (Å²) in [7, 11) is 1.37. The largest absolute Gasteiger partial charge is 0.385 e. The smallest absolute Gasteiger partial charge is 0.242 e. The Kier molecular flexibility index (Phi) is 5.58. The summed E-state index contributed by atoms with van der Waals surface area (Å²) in [6, 6.07) is 6.74. The molecule has 0 bridgehead atoms. The Balaban J connectivity index is 2.63. The summed E-state index contributed by atoms with van der Waals surface area (Å²) in [4.78, 5) is 0.301. The Labute approximate surface area is 109 Å². The fourth-order valence-electron chi connectivity index (χ4n) is 1.40. The van der Waals surface area contributed by atoms with Gasteiger partial charge in [-0.3, -0.25) is 0 Å². The highest BCUT2D eigenvalue weighted by Gasteiger charge is 2.16. The third-order valence-corrected chi connectivity index (χ3v) is 4.32. The van der Waals surface area contributed by atoms with Gasteiger partial charge in [0.25, 0.3) is 0 Å². The van der Waals surface area contributed by atoms with Gasteiger partial charge in [0.15, 0.2) is 0 Å². The molecule has 0 spiro atoms. The fraction of sp³-hybridized carbons (Fsp3) is 0.500. The maximum absolute atomic E-state index is 11.8. The molecular formula is C12H20N2O3S. The number of hydrogen-bond acceptors (Lipinski definition) is 4. The molecule has 1 aromatic rings. The lowest BCUT2D eigenvalue weighted by molar-refractivity contribution is 0.198. The second-order valence-electron chi connectivity index (χ2n) is 4.08. The van der Waals surface area contributed by atoms with E-state index in [1.165, 1.54) is 18.4 Å². The van der Waals surface area contributed by atoms with Crippen LogP contribution in [0.2, 0.25) is 0 Å². The summed E-state index contributed by atoms with van der Waals surface area (Å²) in [6.07, 6.45) is 0.911. The van der Waals surface area contributed by atoms with Crippen molar-refractivity contribution >= 4 is 15.7 Å². The van der Waals surface area contributed by atoms with Crippen LogP contribution >= 0.6 is 0 Å². The van der Waals surface area contributed by atoms with Gasteiger partial charge in [-0.05, 0) is 30.7 Å². The molecule has 1 rings (SSSR count). The van der Waals surface area contributed by atoms with E-state index in [-0.39, 0.29) is 0 Å². The first-order valence-electron chi connectivity index (χ1n) is 5.74. The molecule has 0 aliphatic heterocycles. The third-order valence-electron chi connectivity index (χ3n) is 2.49. The molecule has 0 atom stereocenters. The second kappa shape index (κ2) is 6.72. The van der Waals surface area contributed by atoms with Crippen LogP contribution in [0.3, 0.4) is 0 Å². The van der Waals surface area contributed by atoms with Crippen molar-refractivity contribution in [3.8, 4) is 0 Å². The van der Waals surface area contributed by atoms with E-state index in [2.05, 4.69) is 5.32 Å². The number of sulfonamides is 1. The number of nitrogens with one attached hydrogen (secondary N) is 1. The Morgan fingerprint density at radius 2 is 1.83 bits per heavy atom. The lowest BCUT2D eigenvalue weighted by Gasteiger charge is -2.12. The molecule has 0 saturated carbocycles. The normalized spacial score (nSPS) is 11.8. The molecule has 0 aliphatic rings. The van der Waals surface area contributed by atoms with Gasteiger partial charge in [0.1, 0.15) is 0 Å². The van der Waals surface area contributed by atoms with E-state index in [1.54, 1.807) is 31.4 Å². The maximum Gasteiger partial charge on any atom is 0.242 e. The van der Waals surface area contributed by atoms with Gasteiger partial charge < -0.3 is 10.1 Å².